The Kier molecular flexibility index (Phi) is 7.71. The highest BCUT2D eigenvalue weighted by atomic mass is 16.2. The fraction of sp³-hybridized carbons (Fsp3) is 0.556. The molecule has 24 heavy (non-hydrogen) atoms. The highest BCUT2D eigenvalue weighted by molar-refractivity contribution is 5.97. The van der Waals surface area contributed by atoms with Crippen LogP contribution in [-0.4, -0.2) is 56.0 Å². The average Bonchev–Trinajstić information content (AvgIpc) is 2.61. The normalized spacial score (nSPS) is 15.0. The van der Waals surface area contributed by atoms with Crippen molar-refractivity contribution in [1.29, 1.82) is 0 Å². The quantitative estimate of drug-likeness (QED) is 0.674. The lowest BCUT2D eigenvalue weighted by Gasteiger charge is -2.26. The van der Waals surface area contributed by atoms with E-state index in [0.29, 0.717) is 17.8 Å². The number of carbonyl (C=O) groups is 2. The van der Waals surface area contributed by atoms with Crippen LogP contribution in [0.2, 0.25) is 0 Å². The zero-order chi connectivity index (χ0) is 17.2. The lowest BCUT2D eigenvalue weighted by molar-refractivity contribution is -0.115. The molecule has 1 saturated heterocycles. The van der Waals surface area contributed by atoms with Crippen LogP contribution in [0, 0.1) is 0 Å². The first-order valence-electron chi connectivity index (χ1n) is 8.80. The number of anilines is 1. The third kappa shape index (κ3) is 6.29. The van der Waals surface area contributed by atoms with Crippen molar-refractivity contribution >= 4 is 17.5 Å². The van der Waals surface area contributed by atoms with E-state index in [9.17, 15) is 9.59 Å². The van der Waals surface area contributed by atoms with E-state index in [-0.39, 0.29) is 18.4 Å². The van der Waals surface area contributed by atoms with Crippen LogP contribution in [0.3, 0.4) is 0 Å². The second kappa shape index (κ2) is 10.1. The molecule has 6 nitrogen and oxygen atoms in total. The summed E-state index contributed by atoms with van der Waals surface area (Å²) in [4.78, 5) is 26.4. The number of carbonyl (C=O) groups excluding carboxylic acids is 2. The van der Waals surface area contributed by atoms with Crippen LogP contribution >= 0.6 is 0 Å². The van der Waals surface area contributed by atoms with Gasteiger partial charge in [-0.15, -0.1) is 0 Å². The number of amides is 2. The fourth-order valence-corrected chi connectivity index (χ4v) is 2.79. The fourth-order valence-electron chi connectivity index (χ4n) is 2.79. The zero-order valence-corrected chi connectivity index (χ0v) is 14.4. The van der Waals surface area contributed by atoms with Crippen molar-refractivity contribution in [3.63, 3.8) is 0 Å². The molecule has 3 N–H and O–H groups in total. The molecule has 0 aliphatic carbocycles. The van der Waals surface area contributed by atoms with Crippen LogP contribution in [0.25, 0.3) is 0 Å². The van der Waals surface area contributed by atoms with Crippen LogP contribution in [-0.2, 0) is 4.79 Å². The van der Waals surface area contributed by atoms with Crippen LogP contribution in [0.5, 0.6) is 0 Å². The van der Waals surface area contributed by atoms with Gasteiger partial charge in [-0.1, -0.05) is 19.4 Å². The maximum atomic E-state index is 12.2. The predicted molar refractivity (Wildman–Crippen MR) is 96.2 cm³/mol. The first-order valence-corrected chi connectivity index (χ1v) is 8.80. The second-order valence-corrected chi connectivity index (χ2v) is 6.07. The minimum Gasteiger partial charge on any atom is -0.351 e. The standard InChI is InChI=1S/C18H28N4O2/c1-2-19-14-17(23)21-16-8-6-7-15(13-16)18(24)20-9-12-22-10-4-3-5-11-22/h6-8,13,19H,2-5,9-12,14H2,1H3,(H,20,24)(H,21,23). The highest BCUT2D eigenvalue weighted by Crippen LogP contribution is 2.11. The zero-order valence-electron chi connectivity index (χ0n) is 14.4. The lowest BCUT2D eigenvalue weighted by Crippen LogP contribution is -2.37. The molecule has 1 aromatic rings. The van der Waals surface area contributed by atoms with Gasteiger partial charge in [-0.05, 0) is 50.7 Å². The van der Waals surface area contributed by atoms with Gasteiger partial charge in [0, 0.05) is 24.3 Å². The predicted octanol–water partition coefficient (Wildman–Crippen LogP) is 1.45. The van der Waals surface area contributed by atoms with Crippen molar-refractivity contribution in [3.8, 4) is 0 Å². The molecule has 0 aromatic heterocycles. The summed E-state index contributed by atoms with van der Waals surface area (Å²) < 4.78 is 0. The van der Waals surface area contributed by atoms with Crippen LogP contribution < -0.4 is 16.0 Å². The second-order valence-electron chi connectivity index (χ2n) is 6.07. The molecule has 132 valence electrons. The first kappa shape index (κ1) is 18.4. The van der Waals surface area contributed by atoms with E-state index < -0.39 is 0 Å². The van der Waals surface area contributed by atoms with Gasteiger partial charge in [-0.25, -0.2) is 0 Å². The average molecular weight is 332 g/mol. The number of hydrogen-bond donors (Lipinski definition) is 3. The Morgan fingerprint density at radius 2 is 1.96 bits per heavy atom. The minimum absolute atomic E-state index is 0.102. The summed E-state index contributed by atoms with van der Waals surface area (Å²) in [6, 6.07) is 7.03. The van der Waals surface area contributed by atoms with E-state index in [2.05, 4.69) is 20.9 Å². The van der Waals surface area contributed by atoms with E-state index in [1.54, 1.807) is 24.3 Å². The molecule has 2 amide bonds. The molecular formula is C18H28N4O2. The maximum absolute atomic E-state index is 12.2. The highest BCUT2D eigenvalue weighted by Gasteiger charge is 2.11. The summed E-state index contributed by atoms with van der Waals surface area (Å²) >= 11 is 0. The number of rotatable bonds is 8. The number of likely N-dealkylation sites (tertiary alicyclic amines) is 1. The van der Waals surface area contributed by atoms with Crippen LogP contribution in [0.1, 0.15) is 36.5 Å². The number of nitrogens with zero attached hydrogens (tertiary/aromatic N) is 1. The summed E-state index contributed by atoms with van der Waals surface area (Å²) in [7, 11) is 0. The third-order valence-corrected chi connectivity index (χ3v) is 4.11. The van der Waals surface area contributed by atoms with Gasteiger partial charge in [0.05, 0.1) is 6.54 Å². The monoisotopic (exact) mass is 332 g/mol. The molecule has 0 bridgehead atoms. The summed E-state index contributed by atoms with van der Waals surface area (Å²) in [5, 5.41) is 8.71. The minimum atomic E-state index is -0.112. The molecule has 1 heterocycles. The molecular weight excluding hydrogens is 304 g/mol. The Hall–Kier alpha value is -1.92. The van der Waals surface area contributed by atoms with Gasteiger partial charge in [0.2, 0.25) is 5.91 Å². The third-order valence-electron chi connectivity index (χ3n) is 4.11. The summed E-state index contributed by atoms with van der Waals surface area (Å²) in [6.45, 7) is 6.75. The number of benzene rings is 1. The van der Waals surface area contributed by atoms with Gasteiger partial charge < -0.3 is 20.9 Å². The first-order chi connectivity index (χ1) is 11.7. The molecule has 2 rings (SSSR count). The van der Waals surface area contributed by atoms with Crippen molar-refractivity contribution in [2.45, 2.75) is 26.2 Å². The molecule has 6 heteroatoms. The van der Waals surface area contributed by atoms with Crippen molar-refractivity contribution in [1.82, 2.24) is 15.5 Å². The summed E-state index contributed by atoms with van der Waals surface area (Å²) in [5.74, 6) is -0.214. The number of hydrogen-bond acceptors (Lipinski definition) is 4. The van der Waals surface area contributed by atoms with Crippen molar-refractivity contribution in [2.75, 3.05) is 44.6 Å². The van der Waals surface area contributed by atoms with Crippen LogP contribution in [0.4, 0.5) is 5.69 Å². The van der Waals surface area contributed by atoms with E-state index in [0.717, 1.165) is 26.2 Å². The van der Waals surface area contributed by atoms with E-state index in [1.807, 2.05) is 6.92 Å². The molecule has 1 aromatic carbocycles. The van der Waals surface area contributed by atoms with Gasteiger partial charge in [0.25, 0.3) is 5.91 Å². The molecule has 1 fully saturated rings. The Morgan fingerprint density at radius 3 is 2.71 bits per heavy atom. The molecule has 1 aliphatic rings. The Labute approximate surface area is 144 Å². The van der Waals surface area contributed by atoms with Gasteiger partial charge in [0.1, 0.15) is 0 Å². The Bertz CT molecular complexity index is 542. The van der Waals surface area contributed by atoms with E-state index >= 15 is 0 Å². The van der Waals surface area contributed by atoms with Crippen molar-refractivity contribution in [2.24, 2.45) is 0 Å². The summed E-state index contributed by atoms with van der Waals surface area (Å²) in [5.41, 5.74) is 1.21. The smallest absolute Gasteiger partial charge is 0.251 e. The molecule has 1 aliphatic heterocycles. The van der Waals surface area contributed by atoms with Gasteiger partial charge in [-0.3, -0.25) is 9.59 Å². The Balaban J connectivity index is 1.78. The van der Waals surface area contributed by atoms with E-state index in [1.165, 1.54) is 19.3 Å². The molecule has 0 radical (unpaired) electrons. The SMILES string of the molecule is CCNCC(=O)Nc1cccc(C(=O)NCCN2CCCCC2)c1. The van der Waals surface area contributed by atoms with Gasteiger partial charge in [-0.2, -0.15) is 0 Å². The van der Waals surface area contributed by atoms with Crippen LogP contribution in [0.15, 0.2) is 24.3 Å². The topological polar surface area (TPSA) is 73.5 Å². The molecule has 0 saturated carbocycles. The molecule has 0 unspecified atom stereocenters. The Morgan fingerprint density at radius 1 is 1.17 bits per heavy atom. The molecule has 0 atom stereocenters. The van der Waals surface area contributed by atoms with Gasteiger partial charge >= 0.3 is 0 Å². The lowest BCUT2D eigenvalue weighted by atomic mass is 10.1. The number of nitrogens with one attached hydrogen (secondary N) is 3. The van der Waals surface area contributed by atoms with Gasteiger partial charge in [0.15, 0.2) is 0 Å². The van der Waals surface area contributed by atoms with E-state index in [4.69, 9.17) is 0 Å². The number of piperidine rings is 1. The maximum Gasteiger partial charge on any atom is 0.251 e. The summed E-state index contributed by atoms with van der Waals surface area (Å²) in [6.07, 6.45) is 3.82. The van der Waals surface area contributed by atoms with Crippen molar-refractivity contribution < 1.29 is 9.59 Å². The van der Waals surface area contributed by atoms with Crippen molar-refractivity contribution in [3.05, 3.63) is 29.8 Å². The number of likely N-dealkylation sites (N-methyl/N-ethyl adjacent to an activating group) is 1. The molecule has 0 spiro atoms. The largest absolute Gasteiger partial charge is 0.351 e.